The Morgan fingerprint density at radius 1 is 0.717 bits per heavy atom. The summed E-state index contributed by atoms with van der Waals surface area (Å²) in [5.41, 5.74) is 5.18. The molecule has 1 aliphatic heterocycles. The normalized spacial score (nSPS) is 17.2. The fourth-order valence-corrected chi connectivity index (χ4v) is 24.8. The highest BCUT2D eigenvalue weighted by Gasteiger charge is 2.43. The molecule has 1 atom stereocenters. The summed E-state index contributed by atoms with van der Waals surface area (Å²) in [6.45, 7) is 22.4. The van der Waals surface area contributed by atoms with Gasteiger partial charge in [-0.3, -0.25) is 4.98 Å². The molecule has 1 unspecified atom stereocenters. The van der Waals surface area contributed by atoms with E-state index >= 15 is 0 Å². The third-order valence-corrected chi connectivity index (χ3v) is 25.4. The van der Waals surface area contributed by atoms with Crippen LogP contribution in [0.3, 0.4) is 0 Å². The predicted octanol–water partition coefficient (Wildman–Crippen LogP) is 8.67. The molecule has 2 aromatic heterocycles. The number of aromatic nitrogens is 1. The molecule has 0 aliphatic carbocycles. The Morgan fingerprint density at radius 2 is 1.39 bits per heavy atom. The van der Waals surface area contributed by atoms with Crippen LogP contribution < -0.4 is 25.2 Å². The Hall–Kier alpha value is -3.10. The first-order valence-electron chi connectivity index (χ1n) is 16.8. The van der Waals surface area contributed by atoms with Gasteiger partial charge in [0.05, 0.1) is 26.5 Å². The van der Waals surface area contributed by atoms with Crippen molar-refractivity contribution in [2.24, 2.45) is 0 Å². The van der Waals surface area contributed by atoms with Crippen molar-refractivity contribution in [2.75, 3.05) is 0 Å². The van der Waals surface area contributed by atoms with Gasteiger partial charge in [0.15, 0.2) is 8.07 Å². The van der Waals surface area contributed by atoms with Crippen molar-refractivity contribution in [3.63, 3.8) is 0 Å². The van der Waals surface area contributed by atoms with Crippen LogP contribution >= 0.6 is 11.3 Å². The van der Waals surface area contributed by atoms with Crippen LogP contribution in [0.25, 0.3) is 32.1 Å². The molecule has 0 amide bonds. The van der Waals surface area contributed by atoms with Gasteiger partial charge in [0.25, 0.3) is 0 Å². The zero-order chi connectivity index (χ0) is 32.6. The van der Waals surface area contributed by atoms with Gasteiger partial charge in [0.2, 0.25) is 0 Å². The first-order chi connectivity index (χ1) is 21.7. The minimum atomic E-state index is -2.35. The summed E-state index contributed by atoms with van der Waals surface area (Å²) in [6, 6.07) is 38.0. The van der Waals surface area contributed by atoms with Gasteiger partial charge in [0, 0.05) is 16.3 Å². The summed E-state index contributed by atoms with van der Waals surface area (Å²) in [6.07, 6.45) is 2.04. The van der Waals surface area contributed by atoms with Crippen LogP contribution in [-0.2, 0) is 5.41 Å². The number of fused-ring (bicyclic) bond motifs is 3. The lowest BCUT2D eigenvalue weighted by Crippen LogP contribution is -2.69. The quantitative estimate of drug-likeness (QED) is 0.171. The first-order valence-corrected chi connectivity index (χ1v) is 26.6. The summed E-state index contributed by atoms with van der Waals surface area (Å²) in [7, 11) is -5.27. The van der Waals surface area contributed by atoms with E-state index in [9.17, 15) is 0 Å². The lowest BCUT2D eigenvalue weighted by molar-refractivity contribution is 0.596. The molecule has 1 nitrogen and oxygen atoms in total. The summed E-state index contributed by atoms with van der Waals surface area (Å²) < 4.78 is 2.88. The van der Waals surface area contributed by atoms with E-state index in [0.717, 1.165) is 5.69 Å². The maximum atomic E-state index is 5.12. The second kappa shape index (κ2) is 11.0. The van der Waals surface area contributed by atoms with Crippen molar-refractivity contribution in [1.82, 2.24) is 4.98 Å². The van der Waals surface area contributed by atoms with Gasteiger partial charge in [-0.1, -0.05) is 149 Å². The van der Waals surface area contributed by atoms with E-state index < -0.39 is 24.2 Å². The van der Waals surface area contributed by atoms with E-state index in [-0.39, 0.29) is 5.41 Å². The number of hydrogen-bond acceptors (Lipinski definition) is 2. The Kier molecular flexibility index (Phi) is 7.52. The second-order valence-electron chi connectivity index (χ2n) is 16.1. The van der Waals surface area contributed by atoms with Crippen molar-refractivity contribution < 1.29 is 0 Å². The van der Waals surface area contributed by atoms with Crippen LogP contribution in [0.5, 0.6) is 0 Å². The van der Waals surface area contributed by atoms with Gasteiger partial charge in [-0.25, -0.2) is 0 Å². The highest BCUT2D eigenvalue weighted by molar-refractivity contribution is 7.36. The maximum Gasteiger partial charge on any atom is 0.157 e. The van der Waals surface area contributed by atoms with E-state index in [2.05, 4.69) is 151 Å². The van der Waals surface area contributed by atoms with Gasteiger partial charge in [-0.05, 0) is 68.2 Å². The Balaban J connectivity index is 1.49. The summed E-state index contributed by atoms with van der Waals surface area (Å²) in [4.78, 5) is 5.12. The molecule has 0 saturated carbocycles. The van der Waals surface area contributed by atoms with Crippen LogP contribution in [0.1, 0.15) is 31.9 Å². The molecule has 7 rings (SSSR count). The van der Waals surface area contributed by atoms with Gasteiger partial charge < -0.3 is 0 Å². The molecule has 1 aliphatic rings. The highest BCUT2D eigenvalue weighted by atomic mass is 32.1. The standard InChI is InChI=1S/C41H47NSSi3/c1-28-33-21-22-42-38(30-25-29-15-13-14-18-34(29)35(26-30)41(2,3)4)39(33)43-40(28)46(9,31-16-11-10-12-17-31)32-19-20-36-37(27-32)45(7,8)24-23-44(36,5)6/h10-22,25-27H,23-24H2,1-9H3. The molecule has 0 spiro atoms. The molecule has 0 radical (unpaired) electrons. The molecule has 234 valence electrons. The third-order valence-electron chi connectivity index (χ3n) is 11.0. The van der Waals surface area contributed by atoms with Crippen LogP contribution in [0.15, 0.2) is 97.2 Å². The fourth-order valence-electron chi connectivity index (χ4n) is 8.00. The predicted molar refractivity (Wildman–Crippen MR) is 213 cm³/mol. The van der Waals surface area contributed by atoms with Crippen LogP contribution in [0.4, 0.5) is 0 Å². The lowest BCUT2D eigenvalue weighted by Gasteiger charge is -2.41. The molecule has 3 heterocycles. The molecule has 0 fully saturated rings. The second-order valence-corrected chi connectivity index (χ2v) is 31.0. The van der Waals surface area contributed by atoms with Gasteiger partial charge >= 0.3 is 0 Å². The number of pyridine rings is 1. The van der Waals surface area contributed by atoms with Crippen molar-refractivity contribution in [2.45, 2.75) is 77.9 Å². The number of thiophene rings is 1. The van der Waals surface area contributed by atoms with Crippen molar-refractivity contribution >= 4 is 81.7 Å². The van der Waals surface area contributed by atoms with E-state index in [4.69, 9.17) is 4.98 Å². The molecule has 5 heteroatoms. The molecular weight excluding hydrogens is 623 g/mol. The topological polar surface area (TPSA) is 12.9 Å². The van der Waals surface area contributed by atoms with Crippen molar-refractivity contribution in [3.05, 3.63) is 108 Å². The third kappa shape index (κ3) is 5.02. The highest BCUT2D eigenvalue weighted by Crippen LogP contribution is 2.39. The molecule has 0 N–H and O–H groups in total. The summed E-state index contributed by atoms with van der Waals surface area (Å²) in [5.74, 6) is 0. The molecular formula is C41H47NSSi3. The Morgan fingerprint density at radius 3 is 2.11 bits per heavy atom. The average molecular weight is 670 g/mol. The zero-order valence-corrected chi connectivity index (χ0v) is 32.8. The number of nitrogens with zero attached hydrogens (tertiary/aromatic N) is 1. The minimum absolute atomic E-state index is 0.0276. The monoisotopic (exact) mass is 669 g/mol. The average Bonchev–Trinajstić information content (AvgIpc) is 3.39. The largest absolute Gasteiger partial charge is 0.255 e. The minimum Gasteiger partial charge on any atom is -0.255 e. The van der Waals surface area contributed by atoms with E-state index in [1.54, 1.807) is 20.1 Å². The van der Waals surface area contributed by atoms with Gasteiger partial charge in [-0.15, -0.1) is 11.3 Å². The van der Waals surface area contributed by atoms with Gasteiger partial charge in [-0.2, -0.15) is 0 Å². The van der Waals surface area contributed by atoms with Gasteiger partial charge in [0.1, 0.15) is 0 Å². The molecule has 46 heavy (non-hydrogen) atoms. The number of aryl methyl sites for hydroxylation is 1. The maximum absolute atomic E-state index is 5.12. The first kappa shape index (κ1) is 31.5. The Labute approximate surface area is 282 Å². The van der Waals surface area contributed by atoms with E-state index in [1.165, 1.54) is 54.8 Å². The SMILES string of the molecule is Cc1c([Si](C)(c2ccccc2)c2ccc3c(c2)[Si](C)(C)CC[Si]3(C)C)sc2c(-c3cc(C(C)(C)C)c4ccccc4c3)nccc12. The summed E-state index contributed by atoms with van der Waals surface area (Å²) in [5, 5.41) is 10.5. The number of hydrogen-bond donors (Lipinski definition) is 0. The zero-order valence-electron chi connectivity index (χ0n) is 29.0. The smallest absolute Gasteiger partial charge is 0.157 e. The van der Waals surface area contributed by atoms with Crippen LogP contribution in [0.2, 0.25) is 44.8 Å². The molecule has 0 saturated heterocycles. The Bertz CT molecular complexity index is 2120. The molecule has 6 aromatic rings. The lowest BCUT2D eigenvalue weighted by atomic mass is 9.82. The number of benzene rings is 4. The van der Waals surface area contributed by atoms with Crippen LogP contribution in [-0.4, -0.2) is 29.2 Å². The molecule has 0 bridgehead atoms. The number of rotatable bonds is 4. The van der Waals surface area contributed by atoms with Crippen molar-refractivity contribution in [1.29, 1.82) is 0 Å². The molecule has 4 aromatic carbocycles. The van der Waals surface area contributed by atoms with E-state index in [1.807, 2.05) is 17.5 Å². The van der Waals surface area contributed by atoms with Crippen molar-refractivity contribution in [3.8, 4) is 11.3 Å². The van der Waals surface area contributed by atoms with Crippen LogP contribution in [0, 0.1) is 6.92 Å². The van der Waals surface area contributed by atoms with E-state index in [0.29, 0.717) is 0 Å². The summed E-state index contributed by atoms with van der Waals surface area (Å²) >= 11 is 2.02. The fraction of sp³-hybridized carbons (Fsp3) is 0.293.